The van der Waals surface area contributed by atoms with E-state index in [0.29, 0.717) is 10.7 Å². The lowest BCUT2D eigenvalue weighted by molar-refractivity contribution is -0.143. The molecular formula is C14H20ClNO4S. The number of benzene rings is 1. The highest BCUT2D eigenvalue weighted by molar-refractivity contribution is 7.90. The summed E-state index contributed by atoms with van der Waals surface area (Å²) in [5.74, 6) is -0.696. The van der Waals surface area contributed by atoms with E-state index in [0.717, 1.165) is 18.2 Å². The number of halogens is 1. The van der Waals surface area contributed by atoms with Crippen molar-refractivity contribution in [1.29, 1.82) is 0 Å². The van der Waals surface area contributed by atoms with Crippen LogP contribution in [0.25, 0.3) is 0 Å². The van der Waals surface area contributed by atoms with E-state index in [1.54, 1.807) is 13.0 Å². The molecule has 1 atom stereocenters. The number of hydrogen-bond acceptors (Lipinski definition) is 5. The second kappa shape index (κ2) is 7.66. The quantitative estimate of drug-likeness (QED) is 0.775. The fourth-order valence-electron chi connectivity index (χ4n) is 1.72. The van der Waals surface area contributed by atoms with Gasteiger partial charge in [0.1, 0.15) is 12.6 Å². The molecule has 118 valence electrons. The topological polar surface area (TPSA) is 72.5 Å². The molecule has 1 N–H and O–H groups in total. The number of sulfone groups is 1. The molecule has 0 fully saturated rings. The van der Waals surface area contributed by atoms with Crippen LogP contribution in [0, 0.1) is 0 Å². The van der Waals surface area contributed by atoms with Crippen molar-refractivity contribution >= 4 is 33.1 Å². The summed E-state index contributed by atoms with van der Waals surface area (Å²) in [7, 11) is -3.14. The maximum Gasteiger partial charge on any atom is 0.328 e. The van der Waals surface area contributed by atoms with Crippen molar-refractivity contribution in [2.24, 2.45) is 0 Å². The molecule has 0 aliphatic heterocycles. The van der Waals surface area contributed by atoms with Gasteiger partial charge in [-0.2, -0.15) is 0 Å². The van der Waals surface area contributed by atoms with Crippen LogP contribution in [-0.4, -0.2) is 39.0 Å². The first-order valence-corrected chi connectivity index (χ1v) is 9.06. The van der Waals surface area contributed by atoms with Gasteiger partial charge in [-0.05, 0) is 25.0 Å². The van der Waals surface area contributed by atoms with Crippen molar-refractivity contribution < 1.29 is 17.9 Å². The summed E-state index contributed by atoms with van der Waals surface area (Å²) < 4.78 is 26.9. The number of rotatable bonds is 7. The third-order valence-electron chi connectivity index (χ3n) is 2.89. The minimum absolute atomic E-state index is 0.146. The van der Waals surface area contributed by atoms with Crippen molar-refractivity contribution in [1.82, 2.24) is 0 Å². The first-order chi connectivity index (χ1) is 9.74. The summed E-state index contributed by atoms with van der Waals surface area (Å²) in [6.07, 6.45) is 1.87. The van der Waals surface area contributed by atoms with Crippen LogP contribution in [0.1, 0.15) is 19.4 Å². The fourth-order valence-corrected chi connectivity index (χ4v) is 2.35. The van der Waals surface area contributed by atoms with Gasteiger partial charge in [-0.15, -0.1) is 0 Å². The summed E-state index contributed by atoms with van der Waals surface area (Å²) in [5.41, 5.74) is 1.70. The highest BCUT2D eigenvalue weighted by Gasteiger charge is 2.17. The molecule has 7 heteroatoms. The van der Waals surface area contributed by atoms with E-state index in [9.17, 15) is 13.2 Å². The van der Waals surface area contributed by atoms with E-state index in [-0.39, 0.29) is 12.4 Å². The Balaban J connectivity index is 2.64. The predicted molar refractivity (Wildman–Crippen MR) is 84.6 cm³/mol. The first-order valence-electron chi connectivity index (χ1n) is 6.63. The SMILES string of the molecule is CCc1cccc(Cl)c1N[C@@H](C)C(=O)OCCS(C)(=O)=O. The number of anilines is 1. The van der Waals surface area contributed by atoms with Crippen molar-refractivity contribution in [3.05, 3.63) is 28.8 Å². The number of ether oxygens (including phenoxy) is 1. The van der Waals surface area contributed by atoms with Crippen molar-refractivity contribution in [3.8, 4) is 0 Å². The normalized spacial score (nSPS) is 12.8. The molecular weight excluding hydrogens is 314 g/mol. The number of hydrogen-bond donors (Lipinski definition) is 1. The zero-order valence-electron chi connectivity index (χ0n) is 12.3. The Morgan fingerprint density at radius 3 is 2.67 bits per heavy atom. The van der Waals surface area contributed by atoms with E-state index >= 15 is 0 Å². The Bertz CT molecular complexity index is 601. The van der Waals surface area contributed by atoms with Gasteiger partial charge in [-0.3, -0.25) is 0 Å². The van der Waals surface area contributed by atoms with Crippen LogP contribution in [-0.2, 0) is 25.8 Å². The molecule has 0 aliphatic rings. The second-order valence-electron chi connectivity index (χ2n) is 4.79. The average Bonchev–Trinajstić information content (AvgIpc) is 2.39. The Kier molecular flexibility index (Phi) is 6.48. The lowest BCUT2D eigenvalue weighted by Gasteiger charge is -2.18. The molecule has 1 aromatic rings. The molecule has 0 aliphatic carbocycles. The van der Waals surface area contributed by atoms with Crippen LogP contribution in [0.2, 0.25) is 5.02 Å². The Hall–Kier alpha value is -1.27. The smallest absolute Gasteiger partial charge is 0.328 e. The van der Waals surface area contributed by atoms with Crippen LogP contribution < -0.4 is 5.32 Å². The van der Waals surface area contributed by atoms with Gasteiger partial charge in [0.2, 0.25) is 0 Å². The zero-order valence-corrected chi connectivity index (χ0v) is 13.9. The Morgan fingerprint density at radius 1 is 1.43 bits per heavy atom. The monoisotopic (exact) mass is 333 g/mol. The number of carbonyl (C=O) groups is 1. The van der Waals surface area contributed by atoms with Crippen LogP contribution in [0.15, 0.2) is 18.2 Å². The maximum absolute atomic E-state index is 11.8. The summed E-state index contributed by atoms with van der Waals surface area (Å²) in [6, 6.07) is 4.90. The molecule has 1 rings (SSSR count). The van der Waals surface area contributed by atoms with E-state index in [4.69, 9.17) is 16.3 Å². The van der Waals surface area contributed by atoms with Crippen molar-refractivity contribution in [3.63, 3.8) is 0 Å². The highest BCUT2D eigenvalue weighted by Crippen LogP contribution is 2.27. The van der Waals surface area contributed by atoms with Gasteiger partial charge in [-0.25, -0.2) is 13.2 Å². The molecule has 0 saturated carbocycles. The highest BCUT2D eigenvalue weighted by atomic mass is 35.5. The lowest BCUT2D eigenvalue weighted by atomic mass is 10.1. The number of aryl methyl sites for hydroxylation is 1. The molecule has 21 heavy (non-hydrogen) atoms. The summed E-state index contributed by atoms with van der Waals surface area (Å²) >= 11 is 6.13. The fraction of sp³-hybridized carbons (Fsp3) is 0.500. The van der Waals surface area contributed by atoms with Crippen LogP contribution in [0.5, 0.6) is 0 Å². The summed E-state index contributed by atoms with van der Waals surface area (Å²) in [4.78, 5) is 11.8. The molecule has 1 aromatic carbocycles. The van der Waals surface area contributed by atoms with Gasteiger partial charge in [0, 0.05) is 6.26 Å². The predicted octanol–water partition coefficient (Wildman–Crippen LogP) is 2.29. The lowest BCUT2D eigenvalue weighted by Crippen LogP contribution is -2.30. The van der Waals surface area contributed by atoms with E-state index in [1.807, 2.05) is 19.1 Å². The number of nitrogens with one attached hydrogen (secondary N) is 1. The third kappa shape index (κ3) is 5.93. The van der Waals surface area contributed by atoms with Gasteiger partial charge in [-0.1, -0.05) is 30.7 Å². The molecule has 0 aromatic heterocycles. The van der Waals surface area contributed by atoms with Gasteiger partial charge in [0.25, 0.3) is 0 Å². The average molecular weight is 334 g/mol. The molecule has 0 heterocycles. The van der Waals surface area contributed by atoms with Gasteiger partial charge in [0.05, 0.1) is 16.5 Å². The van der Waals surface area contributed by atoms with E-state index in [1.165, 1.54) is 0 Å². The summed E-state index contributed by atoms with van der Waals surface area (Å²) in [6.45, 7) is 3.49. The van der Waals surface area contributed by atoms with E-state index in [2.05, 4.69) is 5.32 Å². The van der Waals surface area contributed by atoms with Crippen LogP contribution in [0.3, 0.4) is 0 Å². The Labute approximate surface area is 130 Å². The molecule has 0 spiro atoms. The van der Waals surface area contributed by atoms with Crippen molar-refractivity contribution in [2.45, 2.75) is 26.3 Å². The Morgan fingerprint density at radius 2 is 2.10 bits per heavy atom. The molecule has 0 bridgehead atoms. The van der Waals surface area contributed by atoms with Crippen molar-refractivity contribution in [2.75, 3.05) is 23.9 Å². The summed E-state index contributed by atoms with van der Waals surface area (Å²) in [5, 5.41) is 3.55. The van der Waals surface area contributed by atoms with Gasteiger partial charge >= 0.3 is 5.97 Å². The molecule has 0 radical (unpaired) electrons. The molecule has 5 nitrogen and oxygen atoms in total. The molecule has 0 unspecified atom stereocenters. The molecule has 0 amide bonds. The number of para-hydroxylation sites is 1. The van der Waals surface area contributed by atoms with Gasteiger partial charge < -0.3 is 10.1 Å². The van der Waals surface area contributed by atoms with Gasteiger partial charge in [0.15, 0.2) is 9.84 Å². The largest absolute Gasteiger partial charge is 0.463 e. The van der Waals surface area contributed by atoms with Crippen LogP contribution in [0.4, 0.5) is 5.69 Å². The maximum atomic E-state index is 11.8. The number of esters is 1. The first kappa shape index (κ1) is 17.8. The molecule has 0 saturated heterocycles. The third-order valence-corrected chi connectivity index (χ3v) is 4.12. The minimum atomic E-state index is -3.14. The minimum Gasteiger partial charge on any atom is -0.463 e. The second-order valence-corrected chi connectivity index (χ2v) is 7.46. The zero-order chi connectivity index (χ0) is 16.0. The number of carbonyl (C=O) groups excluding carboxylic acids is 1. The standard InChI is InChI=1S/C14H20ClNO4S/c1-4-11-6-5-7-12(15)13(11)16-10(2)14(17)20-8-9-21(3,18)19/h5-7,10,16H,4,8-9H2,1-3H3/t10-/m0/s1. The van der Waals surface area contributed by atoms with E-state index < -0.39 is 21.8 Å². The van der Waals surface area contributed by atoms with Crippen LogP contribution >= 0.6 is 11.6 Å².